The molecule has 0 saturated carbocycles. The fourth-order valence-electron chi connectivity index (χ4n) is 2.28. The van der Waals surface area contributed by atoms with Crippen LogP contribution in [0, 0.1) is 0 Å². The zero-order valence-electron chi connectivity index (χ0n) is 9.47. The van der Waals surface area contributed by atoms with Gasteiger partial charge in [-0.2, -0.15) is 0 Å². The highest BCUT2D eigenvalue weighted by atomic mass is 19.3. The van der Waals surface area contributed by atoms with Crippen LogP contribution in [0.2, 0.25) is 0 Å². The maximum Gasteiger partial charge on any atom is 0.267 e. The van der Waals surface area contributed by atoms with Crippen molar-refractivity contribution in [1.29, 1.82) is 0 Å². The molecule has 1 atom stereocenters. The molecule has 1 aliphatic rings. The van der Waals surface area contributed by atoms with E-state index in [-0.39, 0.29) is 6.54 Å². The van der Waals surface area contributed by atoms with E-state index in [0.29, 0.717) is 13.0 Å². The number of benzene rings is 1. The molecule has 0 amide bonds. The molecule has 0 aromatic heterocycles. The molecule has 1 fully saturated rings. The molecular formula is C13H17F2N. The molecule has 1 heterocycles. The molecule has 16 heavy (non-hydrogen) atoms. The van der Waals surface area contributed by atoms with Crippen LogP contribution in [0.1, 0.15) is 30.4 Å². The molecule has 88 valence electrons. The molecular weight excluding hydrogens is 208 g/mol. The number of hydrogen-bond acceptors (Lipinski definition) is 1. The van der Waals surface area contributed by atoms with Crippen LogP contribution >= 0.6 is 0 Å². The van der Waals surface area contributed by atoms with Crippen LogP contribution in [0.5, 0.6) is 0 Å². The summed E-state index contributed by atoms with van der Waals surface area (Å²) in [7, 11) is 0. The van der Waals surface area contributed by atoms with Gasteiger partial charge in [0.15, 0.2) is 0 Å². The standard InChI is InChI=1S/C13H17F2N/c1-2-10-4-3-5-11(8-10)12-6-7-16-9-13(12,14)15/h3-5,8,12,16H,2,6-7,9H2,1H3. The van der Waals surface area contributed by atoms with Gasteiger partial charge in [-0.25, -0.2) is 8.78 Å². The molecule has 1 aromatic rings. The number of halogens is 2. The third-order valence-corrected chi connectivity index (χ3v) is 3.24. The minimum absolute atomic E-state index is 0.200. The summed E-state index contributed by atoms with van der Waals surface area (Å²) in [4.78, 5) is 0. The number of piperidine rings is 1. The first-order valence-electron chi connectivity index (χ1n) is 5.81. The Morgan fingerprint density at radius 2 is 2.25 bits per heavy atom. The Hall–Kier alpha value is -0.960. The van der Waals surface area contributed by atoms with Gasteiger partial charge in [-0.1, -0.05) is 31.2 Å². The van der Waals surface area contributed by atoms with Crippen LogP contribution in [-0.2, 0) is 6.42 Å². The lowest BCUT2D eigenvalue weighted by Gasteiger charge is -2.32. The second-order valence-electron chi connectivity index (χ2n) is 4.38. The van der Waals surface area contributed by atoms with E-state index in [1.54, 1.807) is 0 Å². The molecule has 0 spiro atoms. The van der Waals surface area contributed by atoms with Gasteiger partial charge in [0.25, 0.3) is 5.92 Å². The van der Waals surface area contributed by atoms with Gasteiger partial charge in [-0.15, -0.1) is 0 Å². The fourth-order valence-corrected chi connectivity index (χ4v) is 2.28. The Labute approximate surface area is 94.9 Å². The van der Waals surface area contributed by atoms with Crippen LogP contribution in [0.4, 0.5) is 8.78 Å². The predicted octanol–water partition coefficient (Wildman–Crippen LogP) is 2.96. The van der Waals surface area contributed by atoms with Crippen LogP contribution < -0.4 is 5.32 Å². The molecule has 3 heteroatoms. The monoisotopic (exact) mass is 225 g/mol. The van der Waals surface area contributed by atoms with Gasteiger partial charge in [-0.05, 0) is 30.5 Å². The minimum atomic E-state index is -2.62. The SMILES string of the molecule is CCc1cccc(C2CCNCC2(F)F)c1. The fraction of sp³-hybridized carbons (Fsp3) is 0.538. The normalized spacial score (nSPS) is 24.3. The lowest BCUT2D eigenvalue weighted by molar-refractivity contribution is -0.0420. The maximum atomic E-state index is 13.7. The molecule has 1 aliphatic heterocycles. The van der Waals surface area contributed by atoms with Gasteiger partial charge < -0.3 is 5.32 Å². The van der Waals surface area contributed by atoms with E-state index in [4.69, 9.17) is 0 Å². The van der Waals surface area contributed by atoms with Crippen molar-refractivity contribution >= 4 is 0 Å². The van der Waals surface area contributed by atoms with Crippen molar-refractivity contribution in [2.45, 2.75) is 31.6 Å². The molecule has 0 bridgehead atoms. The molecule has 0 aliphatic carbocycles. The molecule has 0 radical (unpaired) electrons. The number of aryl methyl sites for hydroxylation is 1. The maximum absolute atomic E-state index is 13.7. The number of nitrogens with one attached hydrogen (secondary N) is 1. The molecule has 1 nitrogen and oxygen atoms in total. The summed E-state index contributed by atoms with van der Waals surface area (Å²) in [6, 6.07) is 7.61. The third kappa shape index (κ3) is 2.24. The number of rotatable bonds is 2. The minimum Gasteiger partial charge on any atom is -0.311 e. The Morgan fingerprint density at radius 3 is 2.94 bits per heavy atom. The zero-order chi connectivity index (χ0) is 11.6. The summed E-state index contributed by atoms with van der Waals surface area (Å²) in [5.74, 6) is -3.25. The van der Waals surface area contributed by atoms with Gasteiger partial charge >= 0.3 is 0 Å². The molecule has 1 unspecified atom stereocenters. The highest BCUT2D eigenvalue weighted by molar-refractivity contribution is 5.28. The van der Waals surface area contributed by atoms with Crippen molar-refractivity contribution in [2.75, 3.05) is 13.1 Å². The van der Waals surface area contributed by atoms with Gasteiger partial charge in [0.1, 0.15) is 0 Å². The Balaban J connectivity index is 2.27. The van der Waals surface area contributed by atoms with Gasteiger partial charge in [0.2, 0.25) is 0 Å². The van der Waals surface area contributed by atoms with E-state index >= 15 is 0 Å². The van der Waals surface area contributed by atoms with Crippen molar-refractivity contribution in [3.8, 4) is 0 Å². The number of hydrogen-bond donors (Lipinski definition) is 1. The summed E-state index contributed by atoms with van der Waals surface area (Å²) >= 11 is 0. The lowest BCUT2D eigenvalue weighted by Crippen LogP contribution is -2.44. The summed E-state index contributed by atoms with van der Waals surface area (Å²) in [6.07, 6.45) is 1.41. The van der Waals surface area contributed by atoms with Crippen molar-refractivity contribution in [3.63, 3.8) is 0 Å². The zero-order valence-corrected chi connectivity index (χ0v) is 9.47. The smallest absolute Gasteiger partial charge is 0.267 e. The molecule has 1 aromatic carbocycles. The Morgan fingerprint density at radius 1 is 1.44 bits per heavy atom. The lowest BCUT2D eigenvalue weighted by atomic mass is 9.86. The predicted molar refractivity (Wildman–Crippen MR) is 61.0 cm³/mol. The van der Waals surface area contributed by atoms with Gasteiger partial charge in [0, 0.05) is 0 Å². The summed E-state index contributed by atoms with van der Waals surface area (Å²) in [5, 5.41) is 2.75. The highest BCUT2D eigenvalue weighted by Crippen LogP contribution is 2.37. The molecule has 1 saturated heterocycles. The first-order chi connectivity index (χ1) is 7.63. The van der Waals surface area contributed by atoms with E-state index in [1.807, 2.05) is 31.2 Å². The summed E-state index contributed by atoms with van der Waals surface area (Å²) in [5.41, 5.74) is 1.91. The Bertz CT molecular complexity index is 363. The number of alkyl halides is 2. The van der Waals surface area contributed by atoms with Crippen LogP contribution in [0.25, 0.3) is 0 Å². The van der Waals surface area contributed by atoms with E-state index in [1.165, 1.54) is 0 Å². The van der Waals surface area contributed by atoms with Crippen molar-refractivity contribution in [1.82, 2.24) is 5.32 Å². The van der Waals surface area contributed by atoms with E-state index < -0.39 is 11.8 Å². The van der Waals surface area contributed by atoms with Crippen LogP contribution in [0.15, 0.2) is 24.3 Å². The second-order valence-corrected chi connectivity index (χ2v) is 4.38. The first kappa shape index (κ1) is 11.5. The van der Waals surface area contributed by atoms with Crippen LogP contribution in [0.3, 0.4) is 0 Å². The highest BCUT2D eigenvalue weighted by Gasteiger charge is 2.42. The topological polar surface area (TPSA) is 12.0 Å². The molecule has 2 rings (SSSR count). The van der Waals surface area contributed by atoms with E-state index in [2.05, 4.69) is 5.32 Å². The second kappa shape index (κ2) is 4.50. The van der Waals surface area contributed by atoms with E-state index in [0.717, 1.165) is 17.5 Å². The van der Waals surface area contributed by atoms with Gasteiger partial charge in [0.05, 0.1) is 12.5 Å². The quantitative estimate of drug-likeness (QED) is 0.816. The average Bonchev–Trinajstić information content (AvgIpc) is 2.28. The summed E-state index contributed by atoms with van der Waals surface area (Å²) < 4.78 is 27.5. The largest absolute Gasteiger partial charge is 0.311 e. The summed E-state index contributed by atoms with van der Waals surface area (Å²) in [6.45, 7) is 2.52. The van der Waals surface area contributed by atoms with Crippen molar-refractivity contribution in [3.05, 3.63) is 35.4 Å². The molecule has 1 N–H and O–H groups in total. The van der Waals surface area contributed by atoms with Gasteiger partial charge in [-0.3, -0.25) is 0 Å². The third-order valence-electron chi connectivity index (χ3n) is 3.24. The van der Waals surface area contributed by atoms with E-state index in [9.17, 15) is 8.78 Å². The van der Waals surface area contributed by atoms with Crippen molar-refractivity contribution < 1.29 is 8.78 Å². The van der Waals surface area contributed by atoms with Crippen molar-refractivity contribution in [2.24, 2.45) is 0 Å². The first-order valence-corrected chi connectivity index (χ1v) is 5.81. The van der Waals surface area contributed by atoms with Crippen LogP contribution in [-0.4, -0.2) is 19.0 Å². The Kier molecular flexibility index (Phi) is 3.24. The average molecular weight is 225 g/mol.